The highest BCUT2D eigenvalue weighted by Gasteiger charge is 2.23. The molecule has 1 aromatic carbocycles. The monoisotopic (exact) mass is 321 g/mol. The van der Waals surface area contributed by atoms with E-state index in [1.165, 1.54) is 24.5 Å². The van der Waals surface area contributed by atoms with Crippen LogP contribution in [-0.2, 0) is 4.74 Å². The molecule has 0 radical (unpaired) electrons. The smallest absolute Gasteiger partial charge is 0.353 e. The van der Waals surface area contributed by atoms with E-state index in [2.05, 4.69) is 20.6 Å². The summed E-state index contributed by atoms with van der Waals surface area (Å²) >= 11 is 0. The Hall–Kier alpha value is -2.81. The first-order valence-corrected chi connectivity index (χ1v) is 6.87. The molecule has 0 aliphatic heterocycles. The Balaban J connectivity index is 2.25. The van der Waals surface area contributed by atoms with Crippen LogP contribution in [0.1, 0.15) is 6.42 Å². The van der Waals surface area contributed by atoms with Crippen molar-refractivity contribution in [3.63, 3.8) is 0 Å². The average Bonchev–Trinajstić information content (AvgIpc) is 2.53. The number of hydrogen-bond donors (Lipinski definition) is 2. The van der Waals surface area contributed by atoms with Crippen molar-refractivity contribution in [2.45, 2.75) is 6.42 Å². The number of nitro groups is 1. The molecule has 0 saturated heterocycles. The number of aromatic nitrogens is 2. The Labute approximate surface area is 131 Å². The molecule has 23 heavy (non-hydrogen) atoms. The molecule has 0 saturated carbocycles. The summed E-state index contributed by atoms with van der Waals surface area (Å²) in [5, 5.41) is 16.8. The van der Waals surface area contributed by atoms with Gasteiger partial charge in [-0.1, -0.05) is 12.1 Å². The second-order valence-corrected chi connectivity index (χ2v) is 4.55. The minimum atomic E-state index is -0.609. The van der Waals surface area contributed by atoms with Crippen molar-refractivity contribution in [3.8, 4) is 0 Å². The van der Waals surface area contributed by atoms with E-state index in [4.69, 9.17) is 4.74 Å². The summed E-state index contributed by atoms with van der Waals surface area (Å²) in [5.41, 5.74) is -0.243. The van der Waals surface area contributed by atoms with Crippen molar-refractivity contribution in [1.29, 1.82) is 0 Å². The van der Waals surface area contributed by atoms with Crippen LogP contribution in [0.3, 0.4) is 0 Å². The molecule has 0 bridgehead atoms. The number of nitrogens with one attached hydrogen (secondary N) is 2. The Kier molecular flexibility index (Phi) is 5.75. The molecule has 8 nitrogen and oxygen atoms in total. The maximum absolute atomic E-state index is 13.7. The molecule has 0 spiro atoms. The highest BCUT2D eigenvalue weighted by atomic mass is 19.1. The number of rotatable bonds is 8. The summed E-state index contributed by atoms with van der Waals surface area (Å²) in [6.45, 7) is 0.969. The van der Waals surface area contributed by atoms with E-state index in [1.54, 1.807) is 13.2 Å². The molecule has 0 atom stereocenters. The SMILES string of the molecule is COCCCNc1ncnc(Nc2ccccc2F)c1[N+](=O)[O-]. The topological polar surface area (TPSA) is 102 Å². The van der Waals surface area contributed by atoms with Gasteiger partial charge in [-0.3, -0.25) is 10.1 Å². The van der Waals surface area contributed by atoms with Crippen molar-refractivity contribution in [2.75, 3.05) is 30.9 Å². The maximum Gasteiger partial charge on any atom is 0.353 e. The number of ether oxygens (including phenoxy) is 1. The van der Waals surface area contributed by atoms with E-state index >= 15 is 0 Å². The lowest BCUT2D eigenvalue weighted by Crippen LogP contribution is -2.10. The number of para-hydroxylation sites is 1. The molecule has 0 aliphatic rings. The van der Waals surface area contributed by atoms with Crippen LogP contribution >= 0.6 is 0 Å². The average molecular weight is 321 g/mol. The van der Waals surface area contributed by atoms with Gasteiger partial charge in [0.1, 0.15) is 12.1 Å². The lowest BCUT2D eigenvalue weighted by molar-refractivity contribution is -0.383. The summed E-state index contributed by atoms with van der Waals surface area (Å²) < 4.78 is 18.6. The molecule has 0 aliphatic carbocycles. The van der Waals surface area contributed by atoms with E-state index in [9.17, 15) is 14.5 Å². The maximum atomic E-state index is 13.7. The van der Waals surface area contributed by atoms with Gasteiger partial charge in [-0.2, -0.15) is 0 Å². The fraction of sp³-hybridized carbons (Fsp3) is 0.286. The Morgan fingerprint density at radius 3 is 2.74 bits per heavy atom. The van der Waals surface area contributed by atoms with Crippen LogP contribution in [0.25, 0.3) is 0 Å². The zero-order valence-electron chi connectivity index (χ0n) is 12.5. The summed E-state index contributed by atoms with van der Waals surface area (Å²) in [6.07, 6.45) is 1.84. The van der Waals surface area contributed by atoms with Gasteiger partial charge >= 0.3 is 5.69 Å². The number of hydrogen-bond acceptors (Lipinski definition) is 7. The standard InChI is InChI=1S/C14H16FN5O3/c1-23-8-4-7-16-13-12(20(21)22)14(18-9-17-13)19-11-6-3-2-5-10(11)15/h2-3,5-6,9H,4,7-8H2,1H3,(H2,16,17,18,19). The van der Waals surface area contributed by atoms with Crippen LogP contribution in [0.15, 0.2) is 30.6 Å². The molecular weight excluding hydrogens is 305 g/mol. The van der Waals surface area contributed by atoms with E-state index in [0.29, 0.717) is 19.6 Å². The number of methoxy groups -OCH3 is 1. The van der Waals surface area contributed by atoms with Crippen molar-refractivity contribution >= 4 is 23.0 Å². The van der Waals surface area contributed by atoms with E-state index in [-0.39, 0.29) is 23.0 Å². The molecule has 9 heteroatoms. The van der Waals surface area contributed by atoms with E-state index < -0.39 is 10.7 Å². The molecule has 2 rings (SSSR count). The fourth-order valence-electron chi connectivity index (χ4n) is 1.89. The fourth-order valence-corrected chi connectivity index (χ4v) is 1.89. The first-order chi connectivity index (χ1) is 11.1. The van der Waals surface area contributed by atoms with Gasteiger partial charge in [-0.15, -0.1) is 0 Å². The molecule has 0 fully saturated rings. The predicted octanol–water partition coefficient (Wildman–Crippen LogP) is 2.72. The van der Waals surface area contributed by atoms with Crippen LogP contribution in [0.2, 0.25) is 0 Å². The third-order valence-electron chi connectivity index (χ3n) is 2.95. The third kappa shape index (κ3) is 4.33. The highest BCUT2D eigenvalue weighted by molar-refractivity contribution is 5.73. The summed E-state index contributed by atoms with van der Waals surface area (Å²) in [5.74, 6) is -0.542. The van der Waals surface area contributed by atoms with E-state index in [0.717, 1.165) is 0 Å². The number of halogens is 1. The second-order valence-electron chi connectivity index (χ2n) is 4.55. The van der Waals surface area contributed by atoms with Crippen molar-refractivity contribution in [1.82, 2.24) is 9.97 Å². The first kappa shape index (κ1) is 16.6. The normalized spacial score (nSPS) is 10.3. The molecular formula is C14H16FN5O3. The third-order valence-corrected chi connectivity index (χ3v) is 2.95. The number of benzene rings is 1. The van der Waals surface area contributed by atoms with Crippen LogP contribution in [0.5, 0.6) is 0 Å². The van der Waals surface area contributed by atoms with Gasteiger partial charge < -0.3 is 15.4 Å². The van der Waals surface area contributed by atoms with Crippen molar-refractivity contribution in [2.24, 2.45) is 0 Å². The van der Waals surface area contributed by atoms with Gasteiger partial charge in [0, 0.05) is 20.3 Å². The first-order valence-electron chi connectivity index (χ1n) is 6.87. The van der Waals surface area contributed by atoms with Gasteiger partial charge in [0.2, 0.25) is 11.6 Å². The molecule has 1 aromatic heterocycles. The van der Waals surface area contributed by atoms with Crippen LogP contribution in [-0.4, -0.2) is 35.2 Å². The van der Waals surface area contributed by atoms with Crippen molar-refractivity contribution < 1.29 is 14.1 Å². The molecule has 1 heterocycles. The van der Waals surface area contributed by atoms with Gasteiger partial charge in [-0.25, -0.2) is 14.4 Å². The second kappa shape index (κ2) is 7.99. The van der Waals surface area contributed by atoms with Gasteiger partial charge in [0.05, 0.1) is 10.6 Å². The molecule has 0 amide bonds. The zero-order chi connectivity index (χ0) is 16.7. The number of nitrogens with zero attached hydrogens (tertiary/aromatic N) is 3. The van der Waals surface area contributed by atoms with Gasteiger partial charge in [-0.05, 0) is 18.6 Å². The van der Waals surface area contributed by atoms with Crippen LogP contribution in [0.4, 0.5) is 27.4 Å². The summed E-state index contributed by atoms with van der Waals surface area (Å²) in [4.78, 5) is 18.5. The minimum absolute atomic E-state index is 0.0694. The van der Waals surface area contributed by atoms with Crippen LogP contribution < -0.4 is 10.6 Å². The molecule has 122 valence electrons. The van der Waals surface area contributed by atoms with Gasteiger partial charge in [0.15, 0.2) is 0 Å². The Morgan fingerprint density at radius 1 is 1.30 bits per heavy atom. The lowest BCUT2D eigenvalue weighted by atomic mass is 10.3. The lowest BCUT2D eigenvalue weighted by Gasteiger charge is -2.10. The quantitative estimate of drug-likeness (QED) is 0.438. The summed E-state index contributed by atoms with van der Waals surface area (Å²) in [7, 11) is 1.57. The molecule has 2 N–H and O–H groups in total. The van der Waals surface area contributed by atoms with Crippen molar-refractivity contribution in [3.05, 3.63) is 46.5 Å². The molecule has 0 unspecified atom stereocenters. The Morgan fingerprint density at radius 2 is 2.04 bits per heavy atom. The van der Waals surface area contributed by atoms with Gasteiger partial charge in [0.25, 0.3) is 0 Å². The highest BCUT2D eigenvalue weighted by Crippen LogP contribution is 2.31. The summed E-state index contributed by atoms with van der Waals surface area (Å²) in [6, 6.07) is 5.85. The number of anilines is 3. The molecule has 2 aromatic rings. The zero-order valence-corrected chi connectivity index (χ0v) is 12.5. The van der Waals surface area contributed by atoms with Crippen LogP contribution in [0, 0.1) is 15.9 Å². The Bertz CT molecular complexity index is 683. The minimum Gasteiger partial charge on any atom is -0.385 e. The predicted molar refractivity (Wildman–Crippen MR) is 83.4 cm³/mol. The van der Waals surface area contributed by atoms with E-state index in [1.807, 2.05) is 0 Å². The largest absolute Gasteiger partial charge is 0.385 e.